The van der Waals surface area contributed by atoms with Gasteiger partial charge in [0.1, 0.15) is 10.6 Å². The van der Waals surface area contributed by atoms with Gasteiger partial charge in [-0.05, 0) is 32.8 Å². The third-order valence-corrected chi connectivity index (χ3v) is 4.46. The number of rotatable bonds is 7. The van der Waals surface area contributed by atoms with Gasteiger partial charge in [-0.1, -0.05) is 13.8 Å². The number of aromatic nitrogens is 2. The van der Waals surface area contributed by atoms with E-state index < -0.39 is 0 Å². The topological polar surface area (TPSA) is 41.1 Å². The summed E-state index contributed by atoms with van der Waals surface area (Å²) in [5.41, 5.74) is 0. The predicted molar refractivity (Wildman–Crippen MR) is 89.1 cm³/mol. The van der Waals surface area contributed by atoms with Gasteiger partial charge in [-0.2, -0.15) is 4.98 Å². The van der Waals surface area contributed by atoms with Crippen molar-refractivity contribution in [2.24, 2.45) is 0 Å². The first-order valence-electron chi connectivity index (χ1n) is 7.52. The normalized spacial score (nSPS) is 11.0. The van der Waals surface area contributed by atoms with Crippen LogP contribution >= 0.6 is 11.3 Å². The second kappa shape index (κ2) is 6.88. The zero-order chi connectivity index (χ0) is 14.5. The number of thiophene rings is 1. The highest BCUT2D eigenvalue weighted by Crippen LogP contribution is 2.32. The van der Waals surface area contributed by atoms with Crippen molar-refractivity contribution in [3.8, 4) is 0 Å². The molecule has 0 unspecified atom stereocenters. The van der Waals surface area contributed by atoms with Crippen LogP contribution in [-0.2, 0) is 6.42 Å². The first-order valence-corrected chi connectivity index (χ1v) is 8.34. The molecule has 5 heteroatoms. The van der Waals surface area contributed by atoms with E-state index in [9.17, 15) is 0 Å². The molecular weight excluding hydrogens is 268 g/mol. The van der Waals surface area contributed by atoms with Gasteiger partial charge in [0.2, 0.25) is 5.95 Å². The van der Waals surface area contributed by atoms with Gasteiger partial charge in [-0.15, -0.1) is 11.3 Å². The van der Waals surface area contributed by atoms with E-state index in [1.165, 1.54) is 10.3 Å². The highest BCUT2D eigenvalue weighted by Gasteiger charge is 2.15. The lowest BCUT2D eigenvalue weighted by Crippen LogP contribution is -2.25. The van der Waals surface area contributed by atoms with Crippen LogP contribution in [0.1, 0.15) is 39.0 Å². The summed E-state index contributed by atoms with van der Waals surface area (Å²) >= 11 is 1.78. The summed E-state index contributed by atoms with van der Waals surface area (Å²) in [6.07, 6.45) is 2.18. The quantitative estimate of drug-likeness (QED) is 0.839. The molecule has 0 aliphatic heterocycles. The minimum Gasteiger partial charge on any atom is -0.356 e. The Balaban J connectivity index is 2.55. The van der Waals surface area contributed by atoms with E-state index in [2.05, 4.69) is 49.0 Å². The van der Waals surface area contributed by atoms with Gasteiger partial charge in [-0.25, -0.2) is 4.98 Å². The zero-order valence-electron chi connectivity index (χ0n) is 12.9. The molecule has 0 aliphatic rings. The Bertz CT molecular complexity index is 564. The monoisotopic (exact) mass is 292 g/mol. The molecular formula is C15H24N4S. The molecule has 0 amide bonds. The minimum atomic E-state index is 0.744. The van der Waals surface area contributed by atoms with Gasteiger partial charge in [0, 0.05) is 24.5 Å². The van der Waals surface area contributed by atoms with E-state index in [0.29, 0.717) is 0 Å². The van der Waals surface area contributed by atoms with Crippen LogP contribution in [0.5, 0.6) is 0 Å². The summed E-state index contributed by atoms with van der Waals surface area (Å²) in [4.78, 5) is 14.2. The average Bonchev–Trinajstić information content (AvgIpc) is 2.87. The van der Waals surface area contributed by atoms with Gasteiger partial charge in [0.25, 0.3) is 0 Å². The molecule has 0 radical (unpaired) electrons. The molecule has 0 saturated heterocycles. The molecule has 0 spiro atoms. The summed E-state index contributed by atoms with van der Waals surface area (Å²) in [6.45, 7) is 11.5. The molecule has 0 saturated carbocycles. The van der Waals surface area contributed by atoms with Crippen LogP contribution < -0.4 is 10.2 Å². The Hall–Kier alpha value is -1.36. The third-order valence-electron chi connectivity index (χ3n) is 3.28. The number of fused-ring (bicyclic) bond motifs is 1. The van der Waals surface area contributed by atoms with Crippen LogP contribution in [0.3, 0.4) is 0 Å². The van der Waals surface area contributed by atoms with Crippen LogP contribution in [0.25, 0.3) is 10.2 Å². The molecule has 0 atom stereocenters. The smallest absolute Gasteiger partial charge is 0.226 e. The van der Waals surface area contributed by atoms with Crippen LogP contribution in [0.4, 0.5) is 11.8 Å². The summed E-state index contributed by atoms with van der Waals surface area (Å²) in [6, 6.07) is 2.25. The Morgan fingerprint density at radius 1 is 1.20 bits per heavy atom. The zero-order valence-corrected chi connectivity index (χ0v) is 13.7. The number of anilines is 2. The van der Waals surface area contributed by atoms with Gasteiger partial charge >= 0.3 is 0 Å². The molecule has 110 valence electrons. The Kier molecular flexibility index (Phi) is 5.17. The maximum absolute atomic E-state index is 4.74. The van der Waals surface area contributed by atoms with E-state index in [1.807, 2.05) is 0 Å². The molecule has 20 heavy (non-hydrogen) atoms. The molecule has 0 bridgehead atoms. The molecule has 0 aromatic carbocycles. The van der Waals surface area contributed by atoms with Crippen LogP contribution in [0, 0.1) is 0 Å². The van der Waals surface area contributed by atoms with Crippen LogP contribution in [0.2, 0.25) is 0 Å². The minimum absolute atomic E-state index is 0.744. The number of aryl methyl sites for hydroxylation is 1. The molecule has 2 aromatic rings. The Labute approximate surface area is 125 Å². The van der Waals surface area contributed by atoms with Crippen molar-refractivity contribution >= 4 is 33.3 Å². The van der Waals surface area contributed by atoms with Crippen molar-refractivity contribution in [1.82, 2.24) is 9.97 Å². The predicted octanol–water partition coefficient (Wildman–Crippen LogP) is 3.92. The van der Waals surface area contributed by atoms with E-state index in [0.717, 1.165) is 49.1 Å². The molecule has 2 aromatic heterocycles. The number of hydrogen-bond donors (Lipinski definition) is 1. The van der Waals surface area contributed by atoms with Crippen molar-refractivity contribution in [1.29, 1.82) is 0 Å². The number of nitrogens with one attached hydrogen (secondary N) is 1. The largest absolute Gasteiger partial charge is 0.356 e. The SMILES string of the molecule is CCCN(CC)c1nc(NCC)nc2sc(CC)cc12. The fourth-order valence-corrected chi connectivity index (χ4v) is 3.25. The second-order valence-corrected chi connectivity index (χ2v) is 5.88. The standard InChI is InChI=1S/C15H24N4S/c1-5-9-19(8-4)13-12-10-11(6-2)20-14(12)18-15(17-13)16-7-3/h10H,5-9H2,1-4H3,(H,16,17,18). The van der Waals surface area contributed by atoms with E-state index in [4.69, 9.17) is 4.98 Å². The Morgan fingerprint density at radius 3 is 2.60 bits per heavy atom. The Morgan fingerprint density at radius 2 is 2.00 bits per heavy atom. The molecule has 0 fully saturated rings. The summed E-state index contributed by atoms with van der Waals surface area (Å²) in [7, 11) is 0. The molecule has 1 N–H and O–H groups in total. The maximum atomic E-state index is 4.74. The molecule has 2 rings (SSSR count). The lowest BCUT2D eigenvalue weighted by atomic mass is 10.3. The summed E-state index contributed by atoms with van der Waals surface area (Å²) < 4.78 is 0. The van der Waals surface area contributed by atoms with Crippen molar-refractivity contribution in [3.63, 3.8) is 0 Å². The molecule has 2 heterocycles. The first-order chi connectivity index (χ1) is 9.73. The van der Waals surface area contributed by atoms with Crippen molar-refractivity contribution in [2.45, 2.75) is 40.5 Å². The van der Waals surface area contributed by atoms with Gasteiger partial charge in [0.05, 0.1) is 5.39 Å². The second-order valence-electron chi connectivity index (χ2n) is 4.77. The van der Waals surface area contributed by atoms with Gasteiger partial charge in [-0.3, -0.25) is 0 Å². The van der Waals surface area contributed by atoms with E-state index in [-0.39, 0.29) is 0 Å². The maximum Gasteiger partial charge on any atom is 0.226 e. The van der Waals surface area contributed by atoms with Gasteiger partial charge in [0.15, 0.2) is 0 Å². The fraction of sp³-hybridized carbons (Fsp3) is 0.600. The van der Waals surface area contributed by atoms with Gasteiger partial charge < -0.3 is 10.2 Å². The number of hydrogen-bond acceptors (Lipinski definition) is 5. The highest BCUT2D eigenvalue weighted by molar-refractivity contribution is 7.18. The highest BCUT2D eigenvalue weighted by atomic mass is 32.1. The summed E-state index contributed by atoms with van der Waals surface area (Å²) in [5, 5.41) is 4.44. The third kappa shape index (κ3) is 3.03. The van der Waals surface area contributed by atoms with Crippen molar-refractivity contribution in [2.75, 3.05) is 29.9 Å². The lowest BCUT2D eigenvalue weighted by Gasteiger charge is -2.22. The van der Waals surface area contributed by atoms with Crippen LogP contribution in [-0.4, -0.2) is 29.6 Å². The molecule has 0 aliphatic carbocycles. The van der Waals surface area contributed by atoms with Crippen molar-refractivity contribution < 1.29 is 0 Å². The lowest BCUT2D eigenvalue weighted by molar-refractivity contribution is 0.781. The average molecular weight is 292 g/mol. The summed E-state index contributed by atoms with van der Waals surface area (Å²) in [5.74, 6) is 1.82. The number of nitrogens with zero attached hydrogens (tertiary/aromatic N) is 3. The van der Waals surface area contributed by atoms with E-state index >= 15 is 0 Å². The molecule has 4 nitrogen and oxygen atoms in total. The first kappa shape index (κ1) is 15.0. The fourth-order valence-electron chi connectivity index (χ4n) is 2.29. The van der Waals surface area contributed by atoms with Crippen molar-refractivity contribution in [3.05, 3.63) is 10.9 Å². The van der Waals surface area contributed by atoms with Crippen LogP contribution in [0.15, 0.2) is 6.07 Å². The van der Waals surface area contributed by atoms with E-state index in [1.54, 1.807) is 11.3 Å².